The van der Waals surface area contributed by atoms with Crippen molar-refractivity contribution >= 4 is 55.2 Å². The molecule has 0 amide bonds. The minimum absolute atomic E-state index is 0.484. The number of furan rings is 1. The van der Waals surface area contributed by atoms with Gasteiger partial charge in [-0.2, -0.15) is 0 Å². The summed E-state index contributed by atoms with van der Waals surface area (Å²) in [6.07, 6.45) is 7.53. The highest BCUT2D eigenvalue weighted by Crippen LogP contribution is 2.42. The number of imidazole rings is 2. The summed E-state index contributed by atoms with van der Waals surface area (Å²) in [5.41, 5.74) is 4.03. The van der Waals surface area contributed by atoms with Gasteiger partial charge in [0.05, 0.1) is 28.7 Å². The molecule has 1 aromatic carbocycles. The Balaban J connectivity index is 1.76. The molecule has 5 heterocycles. The Morgan fingerprint density at radius 1 is 1.12 bits per heavy atom. The fraction of sp³-hybridized carbons (Fsp3) is 0. The molecule has 0 spiro atoms. The first-order valence-corrected chi connectivity index (χ1v) is 9.92. The van der Waals surface area contributed by atoms with Gasteiger partial charge >= 0.3 is 0 Å². The maximum Gasteiger partial charge on any atom is 0.196 e. The molecule has 0 aliphatic carbocycles. The zero-order chi connectivity index (χ0) is 17.3. The van der Waals surface area contributed by atoms with E-state index in [1.165, 1.54) is 0 Å². The lowest BCUT2D eigenvalue weighted by Gasteiger charge is -2.06. The Morgan fingerprint density at radius 2 is 2.08 bits per heavy atom. The molecule has 0 saturated heterocycles. The van der Waals surface area contributed by atoms with Crippen molar-refractivity contribution < 1.29 is 4.42 Å². The van der Waals surface area contributed by atoms with E-state index < -0.39 is 0 Å². The van der Waals surface area contributed by atoms with E-state index in [-0.39, 0.29) is 0 Å². The average molecular weight is 397 g/mol. The van der Waals surface area contributed by atoms with Crippen LogP contribution in [0.4, 0.5) is 0 Å². The number of rotatable bonds is 2. The monoisotopic (exact) mass is 396 g/mol. The van der Waals surface area contributed by atoms with Crippen molar-refractivity contribution in [1.29, 1.82) is 0 Å². The summed E-state index contributed by atoms with van der Waals surface area (Å²) in [7, 11) is 0. The first-order valence-electron chi connectivity index (χ1n) is 7.84. The van der Waals surface area contributed by atoms with Crippen molar-refractivity contribution in [1.82, 2.24) is 18.8 Å². The van der Waals surface area contributed by atoms with Crippen LogP contribution in [0, 0.1) is 0 Å². The molecule has 6 rings (SSSR count). The van der Waals surface area contributed by atoms with Crippen LogP contribution in [0.3, 0.4) is 0 Å². The van der Waals surface area contributed by atoms with Gasteiger partial charge in [-0.15, -0.1) is 11.3 Å². The van der Waals surface area contributed by atoms with E-state index in [2.05, 4.69) is 24.8 Å². The summed E-state index contributed by atoms with van der Waals surface area (Å²) in [6.45, 7) is 0. The summed E-state index contributed by atoms with van der Waals surface area (Å²) >= 11 is 9.40. The van der Waals surface area contributed by atoms with E-state index in [1.54, 1.807) is 28.9 Å². The van der Waals surface area contributed by atoms with Gasteiger partial charge < -0.3 is 4.42 Å². The largest absolute Gasteiger partial charge is 0.464 e. The van der Waals surface area contributed by atoms with Gasteiger partial charge in [0.2, 0.25) is 0 Å². The number of fused-ring (bicyclic) bond motifs is 3. The van der Waals surface area contributed by atoms with Crippen LogP contribution < -0.4 is 0 Å². The fourth-order valence-corrected chi connectivity index (χ4v) is 5.39. The maximum atomic E-state index is 6.18. The van der Waals surface area contributed by atoms with Crippen LogP contribution in [0.2, 0.25) is 5.15 Å². The van der Waals surface area contributed by atoms with Gasteiger partial charge in [0.15, 0.2) is 9.92 Å². The topological polar surface area (TPSA) is 47.7 Å². The van der Waals surface area contributed by atoms with Crippen molar-refractivity contribution in [3.63, 3.8) is 0 Å². The van der Waals surface area contributed by atoms with Crippen molar-refractivity contribution in [2.75, 3.05) is 0 Å². The summed E-state index contributed by atoms with van der Waals surface area (Å²) in [4.78, 5) is 11.9. The Bertz CT molecular complexity index is 1420. The van der Waals surface area contributed by atoms with E-state index >= 15 is 0 Å². The minimum atomic E-state index is 0.484. The second-order valence-corrected chi connectivity index (χ2v) is 8.07. The van der Waals surface area contributed by atoms with Crippen LogP contribution in [0.15, 0.2) is 58.9 Å². The van der Waals surface area contributed by atoms with Gasteiger partial charge in [-0.25, -0.2) is 9.97 Å². The van der Waals surface area contributed by atoms with Crippen LogP contribution >= 0.6 is 34.3 Å². The summed E-state index contributed by atoms with van der Waals surface area (Å²) in [5, 5.41) is 3.58. The van der Waals surface area contributed by atoms with Gasteiger partial charge in [0.25, 0.3) is 0 Å². The van der Waals surface area contributed by atoms with Crippen molar-refractivity contribution in [3.05, 3.63) is 59.7 Å². The lowest BCUT2D eigenvalue weighted by Crippen LogP contribution is -1.89. The normalized spacial score (nSPS) is 12.0. The van der Waals surface area contributed by atoms with Crippen LogP contribution in [-0.2, 0) is 0 Å². The number of benzene rings is 1. The van der Waals surface area contributed by atoms with Gasteiger partial charge in [-0.3, -0.25) is 8.80 Å². The first-order chi connectivity index (χ1) is 12.8. The molecule has 26 heavy (non-hydrogen) atoms. The number of nitrogens with zero attached hydrogens (tertiary/aromatic N) is 4. The molecule has 6 aromatic rings. The molecule has 126 valence electrons. The standard InChI is InChI=1S/C18H9ClN4OS2/c19-14-9-23-15(11-2-1-3-13-10(11)4-6-24-13)16(26-18(23)21-14)12-8-20-17-22(12)5-7-25-17/h1-9H. The predicted octanol–water partition coefficient (Wildman–Crippen LogP) is 5.84. The lowest BCUT2D eigenvalue weighted by atomic mass is 10.1. The van der Waals surface area contributed by atoms with Crippen LogP contribution in [0.1, 0.15) is 0 Å². The van der Waals surface area contributed by atoms with E-state index in [1.807, 2.05) is 42.2 Å². The van der Waals surface area contributed by atoms with Gasteiger partial charge in [0, 0.05) is 28.7 Å². The molecule has 0 atom stereocenters. The zero-order valence-corrected chi connectivity index (χ0v) is 15.5. The molecule has 5 aromatic heterocycles. The number of aromatic nitrogens is 4. The van der Waals surface area contributed by atoms with Crippen molar-refractivity contribution in [2.45, 2.75) is 0 Å². The van der Waals surface area contributed by atoms with E-state index in [9.17, 15) is 0 Å². The predicted molar refractivity (Wildman–Crippen MR) is 105 cm³/mol. The molecule has 0 N–H and O–H groups in total. The SMILES string of the molecule is Clc1cn2c(-c3cccc4occc34)c(-c3cnc4sccn34)sc2n1. The van der Waals surface area contributed by atoms with Gasteiger partial charge in [0.1, 0.15) is 10.7 Å². The third-order valence-electron chi connectivity index (χ3n) is 4.42. The maximum absolute atomic E-state index is 6.18. The Labute approximate surface area is 159 Å². The number of hydrogen-bond donors (Lipinski definition) is 0. The zero-order valence-electron chi connectivity index (χ0n) is 13.1. The van der Waals surface area contributed by atoms with Crippen LogP contribution in [0.25, 0.3) is 42.7 Å². The molecule has 0 fully saturated rings. The number of hydrogen-bond acceptors (Lipinski definition) is 5. The molecule has 5 nitrogen and oxygen atoms in total. The Hall–Kier alpha value is -2.61. The summed E-state index contributed by atoms with van der Waals surface area (Å²) < 4.78 is 9.76. The van der Waals surface area contributed by atoms with E-state index in [4.69, 9.17) is 16.0 Å². The summed E-state index contributed by atoms with van der Waals surface area (Å²) in [5.74, 6) is 0. The van der Waals surface area contributed by atoms with E-state index in [0.717, 1.165) is 42.7 Å². The lowest BCUT2D eigenvalue weighted by molar-refractivity contribution is 0.616. The molecule has 0 bridgehead atoms. The molecule has 0 aliphatic rings. The molecule has 0 unspecified atom stereocenters. The summed E-state index contributed by atoms with van der Waals surface area (Å²) in [6, 6.07) is 8.07. The molecular formula is C18H9ClN4OS2. The molecule has 0 saturated carbocycles. The number of halogens is 1. The third kappa shape index (κ3) is 1.90. The van der Waals surface area contributed by atoms with Crippen LogP contribution in [0.5, 0.6) is 0 Å². The smallest absolute Gasteiger partial charge is 0.196 e. The second kappa shape index (κ2) is 5.20. The van der Waals surface area contributed by atoms with Gasteiger partial charge in [-0.05, 0) is 12.1 Å². The third-order valence-corrected chi connectivity index (χ3v) is 6.45. The first kappa shape index (κ1) is 14.5. The van der Waals surface area contributed by atoms with E-state index in [0.29, 0.717) is 5.15 Å². The molecular weight excluding hydrogens is 388 g/mol. The minimum Gasteiger partial charge on any atom is -0.464 e. The molecule has 8 heteroatoms. The average Bonchev–Trinajstić information content (AvgIpc) is 3.40. The Kier molecular flexibility index (Phi) is 2.91. The highest BCUT2D eigenvalue weighted by atomic mass is 35.5. The highest BCUT2D eigenvalue weighted by Gasteiger charge is 2.22. The molecule has 0 aliphatic heterocycles. The number of thiazole rings is 2. The highest BCUT2D eigenvalue weighted by molar-refractivity contribution is 7.21. The second-order valence-electron chi connectivity index (χ2n) is 5.83. The van der Waals surface area contributed by atoms with Crippen LogP contribution in [-0.4, -0.2) is 18.8 Å². The Morgan fingerprint density at radius 3 is 3.04 bits per heavy atom. The van der Waals surface area contributed by atoms with Crippen molar-refractivity contribution in [2.24, 2.45) is 0 Å². The van der Waals surface area contributed by atoms with Crippen molar-refractivity contribution in [3.8, 4) is 21.8 Å². The molecule has 0 radical (unpaired) electrons. The fourth-order valence-electron chi connectivity index (χ4n) is 3.34. The quantitative estimate of drug-likeness (QED) is 0.369. The van der Waals surface area contributed by atoms with Gasteiger partial charge in [-0.1, -0.05) is 35.1 Å².